The number of hydrogen-bond donors (Lipinski definition) is 0. The number of aryl methyl sites for hydroxylation is 1. The van der Waals surface area contributed by atoms with Crippen molar-refractivity contribution in [1.29, 1.82) is 0 Å². The first kappa shape index (κ1) is 37.7. The Bertz CT molecular complexity index is 3920. The third-order valence-electron chi connectivity index (χ3n) is 13.1. The summed E-state index contributed by atoms with van der Waals surface area (Å²) in [6, 6.07) is 80.4. The molecule has 5 heteroatoms. The highest BCUT2D eigenvalue weighted by Crippen LogP contribution is 2.41. The van der Waals surface area contributed by atoms with Gasteiger partial charge in [0.2, 0.25) is 0 Å². The first-order chi connectivity index (χ1) is 32.6. The molecule has 5 nitrogen and oxygen atoms in total. The fourth-order valence-electron chi connectivity index (χ4n) is 10.1. The van der Waals surface area contributed by atoms with E-state index < -0.39 is 0 Å². The second-order valence-electron chi connectivity index (χ2n) is 17.2. The van der Waals surface area contributed by atoms with Crippen LogP contribution in [0.15, 0.2) is 231 Å². The van der Waals surface area contributed by atoms with E-state index in [1.165, 1.54) is 54.6 Å². The quantitative estimate of drug-likeness (QED) is 0.160. The van der Waals surface area contributed by atoms with Gasteiger partial charge in [-0.05, 0) is 115 Å². The molecule has 0 aliphatic carbocycles. The Morgan fingerprint density at radius 2 is 0.864 bits per heavy atom. The molecule has 0 amide bonds. The van der Waals surface area contributed by atoms with Crippen LogP contribution in [0.1, 0.15) is 5.56 Å². The van der Waals surface area contributed by atoms with Gasteiger partial charge in [-0.2, -0.15) is 0 Å². The summed E-state index contributed by atoms with van der Waals surface area (Å²) in [6.07, 6.45) is 2.19. The number of para-hydroxylation sites is 3. The zero-order valence-corrected chi connectivity index (χ0v) is 36.2. The van der Waals surface area contributed by atoms with Crippen molar-refractivity contribution >= 4 is 54.5 Å². The molecule has 0 bridgehead atoms. The summed E-state index contributed by atoms with van der Waals surface area (Å²) >= 11 is 0. The SMILES string of the molecule is Cc1cc(-c2nc(-c3ccccc3)cc(-c3ccccc3)n2)cc(-n2c3ccccc3c3cc(-c4ccc5c(c4)c4ccc6c(ccn6-c6ccccc6)c4n5-c4ccccc4)ccc32)c1. The van der Waals surface area contributed by atoms with Crippen LogP contribution < -0.4 is 0 Å². The van der Waals surface area contributed by atoms with Gasteiger partial charge in [0.25, 0.3) is 0 Å². The Morgan fingerprint density at radius 1 is 0.318 bits per heavy atom. The number of benzene rings is 9. The lowest BCUT2D eigenvalue weighted by atomic mass is 10.0. The van der Waals surface area contributed by atoms with Crippen molar-refractivity contribution in [2.45, 2.75) is 6.92 Å². The Labute approximate surface area is 381 Å². The van der Waals surface area contributed by atoms with Crippen LogP contribution in [-0.4, -0.2) is 23.7 Å². The molecule has 0 unspecified atom stereocenters. The highest BCUT2D eigenvalue weighted by molar-refractivity contribution is 6.19. The normalized spacial score (nSPS) is 11.7. The number of aromatic nitrogens is 5. The lowest BCUT2D eigenvalue weighted by Gasteiger charge is -2.13. The molecule has 0 fully saturated rings. The third-order valence-corrected chi connectivity index (χ3v) is 13.1. The number of fused-ring (bicyclic) bond motifs is 8. The van der Waals surface area contributed by atoms with Gasteiger partial charge in [-0.1, -0.05) is 133 Å². The van der Waals surface area contributed by atoms with Crippen LogP contribution in [0.2, 0.25) is 0 Å². The highest BCUT2D eigenvalue weighted by atomic mass is 15.0. The maximum atomic E-state index is 5.20. The molecular weight excluding hydrogens is 803 g/mol. The predicted molar refractivity (Wildman–Crippen MR) is 274 cm³/mol. The van der Waals surface area contributed by atoms with Gasteiger partial charge in [-0.25, -0.2) is 9.97 Å². The summed E-state index contributed by atoms with van der Waals surface area (Å²) < 4.78 is 7.12. The first-order valence-corrected chi connectivity index (χ1v) is 22.5. The van der Waals surface area contributed by atoms with E-state index in [9.17, 15) is 0 Å². The van der Waals surface area contributed by atoms with Crippen LogP contribution >= 0.6 is 0 Å². The molecule has 310 valence electrons. The molecule has 13 rings (SSSR count). The summed E-state index contributed by atoms with van der Waals surface area (Å²) in [6.45, 7) is 2.16. The summed E-state index contributed by atoms with van der Waals surface area (Å²) in [5.41, 5.74) is 17.6. The number of rotatable bonds is 7. The molecule has 66 heavy (non-hydrogen) atoms. The highest BCUT2D eigenvalue weighted by Gasteiger charge is 2.20. The van der Waals surface area contributed by atoms with Crippen LogP contribution in [0.25, 0.3) is 117 Å². The molecule has 13 aromatic rings. The van der Waals surface area contributed by atoms with Gasteiger partial charge < -0.3 is 13.7 Å². The summed E-state index contributed by atoms with van der Waals surface area (Å²) in [5, 5.41) is 6.09. The number of hydrogen-bond acceptors (Lipinski definition) is 2. The average molecular weight is 844 g/mol. The van der Waals surface area contributed by atoms with E-state index >= 15 is 0 Å². The van der Waals surface area contributed by atoms with E-state index in [1.54, 1.807) is 0 Å². The Morgan fingerprint density at radius 3 is 1.53 bits per heavy atom. The molecule has 4 heterocycles. The maximum absolute atomic E-state index is 5.20. The van der Waals surface area contributed by atoms with E-state index in [4.69, 9.17) is 9.97 Å². The predicted octanol–water partition coefficient (Wildman–Crippen LogP) is 15.6. The summed E-state index contributed by atoms with van der Waals surface area (Å²) in [4.78, 5) is 10.4. The smallest absolute Gasteiger partial charge is 0.160 e. The van der Waals surface area contributed by atoms with Crippen molar-refractivity contribution in [1.82, 2.24) is 23.7 Å². The molecule has 0 aliphatic rings. The second kappa shape index (κ2) is 15.2. The maximum Gasteiger partial charge on any atom is 0.160 e. The average Bonchev–Trinajstić information content (AvgIpc) is 4.07. The van der Waals surface area contributed by atoms with Gasteiger partial charge >= 0.3 is 0 Å². The molecule has 0 saturated carbocycles. The molecule has 0 spiro atoms. The largest absolute Gasteiger partial charge is 0.316 e. The molecular formula is C61H41N5. The van der Waals surface area contributed by atoms with Crippen LogP contribution in [0.5, 0.6) is 0 Å². The van der Waals surface area contributed by atoms with Gasteiger partial charge in [0.05, 0.1) is 39.0 Å². The monoisotopic (exact) mass is 843 g/mol. The van der Waals surface area contributed by atoms with E-state index in [1.807, 2.05) is 12.1 Å². The summed E-state index contributed by atoms with van der Waals surface area (Å²) in [7, 11) is 0. The van der Waals surface area contributed by atoms with Crippen molar-refractivity contribution in [2.24, 2.45) is 0 Å². The minimum Gasteiger partial charge on any atom is -0.316 e. The zero-order chi connectivity index (χ0) is 43.7. The molecule has 0 N–H and O–H groups in total. The molecule has 0 aliphatic heterocycles. The van der Waals surface area contributed by atoms with Crippen molar-refractivity contribution in [2.75, 3.05) is 0 Å². The van der Waals surface area contributed by atoms with E-state index in [0.717, 1.165) is 61.7 Å². The van der Waals surface area contributed by atoms with Crippen LogP contribution in [0.4, 0.5) is 0 Å². The standard InChI is InChI=1S/C61H41N5/c1-40-34-45(61-62-54(41-16-6-2-7-17-41)39-55(63-61)42-18-8-3-9-19-42)36-48(35-40)65-57-25-15-14-24-49(57)52-37-43(26-29-58(52)65)44-27-30-59-53(38-44)50-28-31-56-51(32-33-64(56)46-20-10-4-11-21-46)60(50)66(59)47-22-12-5-13-23-47/h2-39H,1H3. The lowest BCUT2D eigenvalue weighted by molar-refractivity contribution is 1.13. The van der Waals surface area contributed by atoms with Crippen molar-refractivity contribution in [3.63, 3.8) is 0 Å². The van der Waals surface area contributed by atoms with Crippen LogP contribution in [0, 0.1) is 6.92 Å². The Hall–Kier alpha value is -8.80. The lowest BCUT2D eigenvalue weighted by Crippen LogP contribution is -1.99. The molecule has 0 atom stereocenters. The van der Waals surface area contributed by atoms with Crippen molar-refractivity contribution < 1.29 is 0 Å². The summed E-state index contributed by atoms with van der Waals surface area (Å²) in [5.74, 6) is 0.696. The van der Waals surface area contributed by atoms with E-state index in [2.05, 4.69) is 239 Å². The fraction of sp³-hybridized carbons (Fsp3) is 0.0164. The van der Waals surface area contributed by atoms with E-state index in [0.29, 0.717) is 5.82 Å². The minimum absolute atomic E-state index is 0.696. The van der Waals surface area contributed by atoms with Crippen molar-refractivity contribution in [3.8, 4) is 62.1 Å². The molecule has 0 radical (unpaired) electrons. The number of nitrogens with zero attached hydrogens (tertiary/aromatic N) is 5. The van der Waals surface area contributed by atoms with Gasteiger partial charge in [-0.15, -0.1) is 0 Å². The van der Waals surface area contributed by atoms with Gasteiger partial charge in [0.15, 0.2) is 5.82 Å². The first-order valence-electron chi connectivity index (χ1n) is 22.5. The molecule has 0 saturated heterocycles. The Kier molecular flexibility index (Phi) is 8.68. The van der Waals surface area contributed by atoms with Crippen LogP contribution in [0.3, 0.4) is 0 Å². The topological polar surface area (TPSA) is 40.6 Å². The zero-order valence-electron chi connectivity index (χ0n) is 36.2. The molecule has 4 aromatic heterocycles. The third kappa shape index (κ3) is 6.16. The van der Waals surface area contributed by atoms with E-state index in [-0.39, 0.29) is 0 Å². The second-order valence-corrected chi connectivity index (χ2v) is 17.2. The minimum atomic E-state index is 0.696. The fourth-order valence-corrected chi connectivity index (χ4v) is 10.1. The molecule has 9 aromatic carbocycles. The van der Waals surface area contributed by atoms with Crippen molar-refractivity contribution in [3.05, 3.63) is 236 Å². The Balaban J connectivity index is 0.960. The van der Waals surface area contributed by atoms with Gasteiger partial charge in [-0.3, -0.25) is 0 Å². The van der Waals surface area contributed by atoms with Crippen LogP contribution in [-0.2, 0) is 0 Å². The van der Waals surface area contributed by atoms with Gasteiger partial charge in [0.1, 0.15) is 0 Å². The van der Waals surface area contributed by atoms with Gasteiger partial charge in [0, 0.05) is 66.9 Å².